The van der Waals surface area contributed by atoms with E-state index in [1.54, 1.807) is 11.3 Å². The van der Waals surface area contributed by atoms with Crippen molar-refractivity contribution in [3.05, 3.63) is 27.7 Å². The molecule has 6 nitrogen and oxygen atoms in total. The van der Waals surface area contributed by atoms with E-state index in [1.165, 1.54) is 5.57 Å². The second-order valence-corrected chi connectivity index (χ2v) is 7.79. The minimum Gasteiger partial charge on any atom is -0.353 e. The fourth-order valence-corrected chi connectivity index (χ4v) is 3.44. The molecule has 2 N–H and O–H groups in total. The van der Waals surface area contributed by atoms with E-state index in [-0.39, 0.29) is 18.2 Å². The molecule has 2 rings (SSSR count). The van der Waals surface area contributed by atoms with Crippen LogP contribution in [0.2, 0.25) is 0 Å². The molecule has 0 spiro atoms. The molecular weight excluding hydrogens is 336 g/mol. The molecule has 1 aromatic rings. The van der Waals surface area contributed by atoms with E-state index in [2.05, 4.69) is 40.4 Å². The van der Waals surface area contributed by atoms with Crippen LogP contribution >= 0.6 is 11.3 Å². The van der Waals surface area contributed by atoms with Gasteiger partial charge in [0, 0.05) is 30.9 Å². The lowest BCUT2D eigenvalue weighted by Gasteiger charge is -2.34. The number of thiazole rings is 1. The van der Waals surface area contributed by atoms with Crippen molar-refractivity contribution >= 4 is 23.2 Å². The van der Waals surface area contributed by atoms with E-state index in [9.17, 15) is 9.59 Å². The number of nitrogens with zero attached hydrogens (tertiary/aromatic N) is 2. The first-order valence-corrected chi connectivity index (χ1v) is 9.61. The van der Waals surface area contributed by atoms with E-state index in [0.717, 1.165) is 17.2 Å². The summed E-state index contributed by atoms with van der Waals surface area (Å²) in [5.74, 6) is 0.201. The Morgan fingerprint density at radius 1 is 1.52 bits per heavy atom. The first-order chi connectivity index (χ1) is 11.9. The van der Waals surface area contributed by atoms with Gasteiger partial charge in [-0.15, -0.1) is 11.3 Å². The van der Waals surface area contributed by atoms with Crippen LogP contribution in [-0.4, -0.2) is 47.4 Å². The van der Waals surface area contributed by atoms with Crippen LogP contribution in [0.25, 0.3) is 0 Å². The van der Waals surface area contributed by atoms with Gasteiger partial charge < -0.3 is 10.6 Å². The minimum absolute atomic E-state index is 0.0701. The van der Waals surface area contributed by atoms with Gasteiger partial charge in [0.25, 0.3) is 0 Å². The second kappa shape index (κ2) is 9.10. The normalized spacial score (nSPS) is 18.1. The van der Waals surface area contributed by atoms with Gasteiger partial charge in [0.15, 0.2) is 0 Å². The van der Waals surface area contributed by atoms with Crippen LogP contribution in [0.4, 0.5) is 0 Å². The zero-order chi connectivity index (χ0) is 18.4. The Morgan fingerprint density at radius 3 is 2.92 bits per heavy atom. The summed E-state index contributed by atoms with van der Waals surface area (Å²) in [4.78, 5) is 31.0. The molecule has 1 saturated heterocycles. The SMILES string of the molecule is CC(C)=CCN1CCNC(=O)C1CC(=O)NCc1csc(C(C)C)n1. The predicted molar refractivity (Wildman–Crippen MR) is 100 cm³/mol. The molecule has 0 saturated carbocycles. The van der Waals surface area contributed by atoms with Crippen molar-refractivity contribution in [2.45, 2.75) is 52.6 Å². The quantitative estimate of drug-likeness (QED) is 0.726. The summed E-state index contributed by atoms with van der Waals surface area (Å²) in [5.41, 5.74) is 2.08. The van der Waals surface area contributed by atoms with Gasteiger partial charge >= 0.3 is 0 Å². The summed E-state index contributed by atoms with van der Waals surface area (Å²) >= 11 is 1.61. The topological polar surface area (TPSA) is 74.3 Å². The third-order valence-corrected chi connectivity index (χ3v) is 5.28. The van der Waals surface area contributed by atoms with E-state index in [4.69, 9.17) is 0 Å². The number of hydrogen-bond donors (Lipinski definition) is 2. The number of aromatic nitrogens is 1. The van der Waals surface area contributed by atoms with Gasteiger partial charge in [0.05, 0.1) is 29.7 Å². The fourth-order valence-electron chi connectivity index (χ4n) is 2.61. The maximum atomic E-state index is 12.3. The number of carbonyl (C=O) groups excluding carboxylic acids is 2. The number of piperazine rings is 1. The van der Waals surface area contributed by atoms with Crippen molar-refractivity contribution in [1.82, 2.24) is 20.5 Å². The molecule has 7 heteroatoms. The lowest BCUT2D eigenvalue weighted by atomic mass is 10.1. The van der Waals surface area contributed by atoms with Gasteiger partial charge in [0.2, 0.25) is 11.8 Å². The van der Waals surface area contributed by atoms with Gasteiger partial charge in [-0.2, -0.15) is 0 Å². The second-order valence-electron chi connectivity index (χ2n) is 6.90. The van der Waals surface area contributed by atoms with Crippen molar-refractivity contribution in [3.8, 4) is 0 Å². The maximum Gasteiger partial charge on any atom is 0.237 e. The Morgan fingerprint density at radius 2 is 2.28 bits per heavy atom. The molecule has 1 aliphatic heterocycles. The highest BCUT2D eigenvalue weighted by Gasteiger charge is 2.30. The van der Waals surface area contributed by atoms with Crippen molar-refractivity contribution in [2.75, 3.05) is 19.6 Å². The molecule has 0 radical (unpaired) electrons. The third kappa shape index (κ3) is 5.93. The molecule has 1 fully saturated rings. The Balaban J connectivity index is 1.89. The molecule has 25 heavy (non-hydrogen) atoms. The fraction of sp³-hybridized carbons (Fsp3) is 0.611. The van der Waals surface area contributed by atoms with Crippen LogP contribution in [-0.2, 0) is 16.1 Å². The van der Waals surface area contributed by atoms with Gasteiger partial charge in [-0.05, 0) is 13.8 Å². The lowest BCUT2D eigenvalue weighted by Crippen LogP contribution is -2.56. The molecule has 0 aromatic carbocycles. The highest BCUT2D eigenvalue weighted by Crippen LogP contribution is 2.19. The Bertz CT molecular complexity index is 635. The monoisotopic (exact) mass is 364 g/mol. The minimum atomic E-state index is -0.411. The van der Waals surface area contributed by atoms with Gasteiger partial charge in [-0.1, -0.05) is 25.5 Å². The van der Waals surface area contributed by atoms with Crippen molar-refractivity contribution in [2.24, 2.45) is 0 Å². The average molecular weight is 365 g/mol. The first kappa shape index (κ1) is 19.6. The molecule has 2 heterocycles. The number of rotatable bonds is 7. The molecule has 138 valence electrons. The summed E-state index contributed by atoms with van der Waals surface area (Å²) in [6, 6.07) is -0.411. The molecule has 0 aliphatic carbocycles. The molecule has 1 aromatic heterocycles. The standard InChI is InChI=1S/C18H28N4O2S/c1-12(2)5-7-22-8-6-19-17(24)15(22)9-16(23)20-10-14-11-25-18(21-14)13(3)4/h5,11,13,15H,6-10H2,1-4H3,(H,19,24)(H,20,23). The Labute approximate surface area is 153 Å². The van der Waals surface area contributed by atoms with Crippen LogP contribution in [0, 0.1) is 0 Å². The van der Waals surface area contributed by atoms with Crippen LogP contribution in [0.5, 0.6) is 0 Å². The smallest absolute Gasteiger partial charge is 0.237 e. The molecule has 1 atom stereocenters. The van der Waals surface area contributed by atoms with Crippen LogP contribution < -0.4 is 10.6 Å². The van der Waals surface area contributed by atoms with Crippen LogP contribution in [0.15, 0.2) is 17.0 Å². The third-order valence-electron chi connectivity index (χ3n) is 4.08. The van der Waals surface area contributed by atoms with Crippen LogP contribution in [0.1, 0.15) is 50.7 Å². The number of nitrogens with one attached hydrogen (secondary N) is 2. The number of amides is 2. The Hall–Kier alpha value is -1.73. The van der Waals surface area contributed by atoms with E-state index in [0.29, 0.717) is 25.6 Å². The summed E-state index contributed by atoms with van der Waals surface area (Å²) in [7, 11) is 0. The molecule has 0 bridgehead atoms. The van der Waals surface area contributed by atoms with Crippen LogP contribution in [0.3, 0.4) is 0 Å². The summed E-state index contributed by atoms with van der Waals surface area (Å²) in [6.07, 6.45) is 2.26. The van der Waals surface area contributed by atoms with Gasteiger partial charge in [0.1, 0.15) is 0 Å². The number of carbonyl (C=O) groups is 2. The molecule has 1 unspecified atom stereocenters. The molecule has 2 amide bonds. The zero-order valence-electron chi connectivity index (χ0n) is 15.5. The average Bonchev–Trinajstić information content (AvgIpc) is 3.02. The first-order valence-electron chi connectivity index (χ1n) is 8.73. The van der Waals surface area contributed by atoms with E-state index >= 15 is 0 Å². The lowest BCUT2D eigenvalue weighted by molar-refractivity contribution is -0.133. The number of allylic oxidation sites excluding steroid dienone is 1. The van der Waals surface area contributed by atoms with Gasteiger partial charge in [-0.3, -0.25) is 14.5 Å². The largest absolute Gasteiger partial charge is 0.353 e. The van der Waals surface area contributed by atoms with Crippen molar-refractivity contribution in [3.63, 3.8) is 0 Å². The predicted octanol–water partition coefficient (Wildman–Crippen LogP) is 2.04. The highest BCUT2D eigenvalue weighted by molar-refractivity contribution is 7.09. The number of hydrogen-bond acceptors (Lipinski definition) is 5. The van der Waals surface area contributed by atoms with Crippen molar-refractivity contribution in [1.29, 1.82) is 0 Å². The zero-order valence-corrected chi connectivity index (χ0v) is 16.3. The highest BCUT2D eigenvalue weighted by atomic mass is 32.1. The van der Waals surface area contributed by atoms with E-state index in [1.807, 2.05) is 19.2 Å². The summed E-state index contributed by atoms with van der Waals surface area (Å²) in [5, 5.41) is 8.79. The molecule has 1 aliphatic rings. The summed E-state index contributed by atoms with van der Waals surface area (Å²) in [6.45, 7) is 10.8. The maximum absolute atomic E-state index is 12.3. The molecular formula is C18H28N4O2S. The summed E-state index contributed by atoms with van der Waals surface area (Å²) < 4.78 is 0. The van der Waals surface area contributed by atoms with Crippen molar-refractivity contribution < 1.29 is 9.59 Å². The Kier molecular flexibility index (Phi) is 7.13. The van der Waals surface area contributed by atoms with Gasteiger partial charge in [-0.25, -0.2) is 4.98 Å². The van der Waals surface area contributed by atoms with E-state index < -0.39 is 6.04 Å².